The van der Waals surface area contributed by atoms with Crippen LogP contribution in [0.1, 0.15) is 12.8 Å². The van der Waals surface area contributed by atoms with Gasteiger partial charge in [-0.15, -0.1) is 0 Å². The normalized spacial score (nSPS) is 11.2. The Balaban J connectivity index is 3.46. The lowest BCUT2D eigenvalue weighted by Gasteiger charge is -2.02. The molecular formula is C4H5F3O3. The van der Waals surface area contributed by atoms with Gasteiger partial charge in [-0.25, -0.2) is 4.79 Å². The second-order valence-corrected chi connectivity index (χ2v) is 1.58. The van der Waals surface area contributed by atoms with Crippen LogP contribution in [0, 0.1) is 0 Å². The molecule has 0 amide bonds. The molecule has 0 aliphatic carbocycles. The number of hydrogen-bond donors (Lipinski definition) is 1. The summed E-state index contributed by atoms with van der Waals surface area (Å²) in [6.45, 7) is 0. The second-order valence-electron chi connectivity index (χ2n) is 1.58. The Hall–Kier alpha value is -0.780. The number of halogens is 3. The van der Waals surface area contributed by atoms with Crippen LogP contribution in [0.2, 0.25) is 0 Å². The molecule has 0 fully saturated rings. The van der Waals surface area contributed by atoms with Gasteiger partial charge < -0.3 is 4.89 Å². The van der Waals surface area contributed by atoms with E-state index in [9.17, 15) is 18.0 Å². The Kier molecular flexibility index (Phi) is 3.14. The van der Waals surface area contributed by atoms with Gasteiger partial charge in [-0.3, -0.25) is 0 Å². The molecule has 0 rings (SSSR count). The molecule has 0 aromatic rings. The minimum absolute atomic E-state index is 0.847. The monoisotopic (exact) mass is 158 g/mol. The molecule has 6 heteroatoms. The first-order valence-corrected chi connectivity index (χ1v) is 2.36. The lowest BCUT2D eigenvalue weighted by Crippen LogP contribution is -2.11. The zero-order chi connectivity index (χ0) is 8.20. The number of hydrogen-bond acceptors (Lipinski definition) is 3. The highest BCUT2D eigenvalue weighted by atomic mass is 19.4. The average molecular weight is 158 g/mol. The van der Waals surface area contributed by atoms with Crippen LogP contribution in [0.3, 0.4) is 0 Å². The van der Waals surface area contributed by atoms with Crippen LogP contribution in [0.4, 0.5) is 13.2 Å². The first-order valence-electron chi connectivity index (χ1n) is 2.36. The summed E-state index contributed by atoms with van der Waals surface area (Å²) < 4.78 is 33.8. The standard InChI is InChI=1S/C4H5F3O3/c5-4(6,7)2-1-3(8)10-9/h9H,1-2H2. The number of alkyl halides is 3. The van der Waals surface area contributed by atoms with Crippen molar-refractivity contribution in [3.63, 3.8) is 0 Å². The molecule has 0 heterocycles. The minimum atomic E-state index is -4.38. The summed E-state index contributed by atoms with van der Waals surface area (Å²) in [5, 5.41) is 7.51. The van der Waals surface area contributed by atoms with Crippen molar-refractivity contribution in [3.8, 4) is 0 Å². The minimum Gasteiger partial charge on any atom is -0.301 e. The first kappa shape index (κ1) is 9.22. The lowest BCUT2D eigenvalue weighted by atomic mass is 10.3. The third-order valence-electron chi connectivity index (χ3n) is 0.714. The van der Waals surface area contributed by atoms with Gasteiger partial charge in [0.15, 0.2) is 0 Å². The van der Waals surface area contributed by atoms with Crippen molar-refractivity contribution in [2.24, 2.45) is 0 Å². The van der Waals surface area contributed by atoms with Crippen molar-refractivity contribution in [1.82, 2.24) is 0 Å². The van der Waals surface area contributed by atoms with Crippen molar-refractivity contribution in [2.75, 3.05) is 0 Å². The molecule has 1 N–H and O–H groups in total. The van der Waals surface area contributed by atoms with Gasteiger partial charge in [-0.1, -0.05) is 0 Å². The molecule has 0 unspecified atom stereocenters. The van der Waals surface area contributed by atoms with Crippen molar-refractivity contribution in [3.05, 3.63) is 0 Å². The summed E-state index contributed by atoms with van der Waals surface area (Å²) in [7, 11) is 0. The Morgan fingerprint density at radius 3 is 2.30 bits per heavy atom. The van der Waals surface area contributed by atoms with Crippen LogP contribution >= 0.6 is 0 Å². The second kappa shape index (κ2) is 3.40. The van der Waals surface area contributed by atoms with Crippen molar-refractivity contribution in [2.45, 2.75) is 19.0 Å². The van der Waals surface area contributed by atoms with E-state index in [0.29, 0.717) is 0 Å². The molecule has 60 valence electrons. The quantitative estimate of drug-likeness (QED) is 0.487. The highest BCUT2D eigenvalue weighted by Crippen LogP contribution is 2.21. The third kappa shape index (κ3) is 5.36. The fraction of sp³-hybridized carbons (Fsp3) is 0.750. The summed E-state index contributed by atoms with van der Waals surface area (Å²) in [6.07, 6.45) is -6.50. The van der Waals surface area contributed by atoms with Gasteiger partial charge in [-0.05, 0) is 0 Å². The van der Waals surface area contributed by atoms with Gasteiger partial charge in [0.05, 0.1) is 12.8 Å². The van der Waals surface area contributed by atoms with Crippen LogP contribution in [0.5, 0.6) is 0 Å². The number of carbonyl (C=O) groups is 1. The van der Waals surface area contributed by atoms with Gasteiger partial charge in [0, 0.05) is 0 Å². The average Bonchev–Trinajstić information content (AvgIpc) is 1.81. The zero-order valence-electron chi connectivity index (χ0n) is 4.81. The lowest BCUT2D eigenvalue weighted by molar-refractivity contribution is -0.237. The molecule has 10 heavy (non-hydrogen) atoms. The molecule has 0 saturated heterocycles. The van der Waals surface area contributed by atoms with E-state index >= 15 is 0 Å². The van der Waals surface area contributed by atoms with Gasteiger partial charge in [0.25, 0.3) is 0 Å². The van der Waals surface area contributed by atoms with E-state index in [1.807, 2.05) is 0 Å². The van der Waals surface area contributed by atoms with E-state index < -0.39 is 25.0 Å². The highest BCUT2D eigenvalue weighted by Gasteiger charge is 2.28. The van der Waals surface area contributed by atoms with E-state index in [0.717, 1.165) is 0 Å². The Labute approximate surface area is 54.3 Å². The maximum Gasteiger partial charge on any atom is 0.389 e. The van der Waals surface area contributed by atoms with E-state index in [-0.39, 0.29) is 0 Å². The first-order chi connectivity index (χ1) is 4.45. The smallest absolute Gasteiger partial charge is 0.301 e. The van der Waals surface area contributed by atoms with Crippen molar-refractivity contribution in [1.29, 1.82) is 0 Å². The SMILES string of the molecule is O=C(CCC(F)(F)F)OO. The molecule has 3 nitrogen and oxygen atoms in total. The largest absolute Gasteiger partial charge is 0.389 e. The Morgan fingerprint density at radius 2 is 2.00 bits per heavy atom. The summed E-state index contributed by atoms with van der Waals surface area (Å²) in [4.78, 5) is 12.9. The van der Waals surface area contributed by atoms with Crippen LogP contribution in [-0.2, 0) is 9.68 Å². The summed E-state index contributed by atoms with van der Waals surface area (Å²) in [5.74, 6) is -1.28. The van der Waals surface area contributed by atoms with E-state index in [1.165, 1.54) is 0 Å². The maximum atomic E-state index is 11.3. The molecule has 0 aromatic heterocycles. The summed E-state index contributed by atoms with van der Waals surface area (Å²) in [5.41, 5.74) is 0. The fourth-order valence-corrected chi connectivity index (χ4v) is 0.289. The van der Waals surface area contributed by atoms with Crippen LogP contribution < -0.4 is 0 Å². The summed E-state index contributed by atoms with van der Waals surface area (Å²) in [6, 6.07) is 0. The predicted octanol–water partition coefficient (Wildman–Crippen LogP) is 1.35. The van der Waals surface area contributed by atoms with Crippen LogP contribution in [0.25, 0.3) is 0 Å². The number of rotatable bonds is 2. The molecule has 0 bridgehead atoms. The fourth-order valence-electron chi connectivity index (χ4n) is 0.289. The van der Waals surface area contributed by atoms with Gasteiger partial charge in [0.1, 0.15) is 0 Å². The van der Waals surface area contributed by atoms with Crippen molar-refractivity contribution < 1.29 is 28.1 Å². The number of carbonyl (C=O) groups excluding carboxylic acids is 1. The molecule has 0 spiro atoms. The molecule has 0 aliphatic heterocycles. The van der Waals surface area contributed by atoms with E-state index in [2.05, 4.69) is 4.89 Å². The molecule has 0 aromatic carbocycles. The van der Waals surface area contributed by atoms with E-state index in [1.54, 1.807) is 0 Å². The third-order valence-corrected chi connectivity index (χ3v) is 0.714. The maximum absolute atomic E-state index is 11.3. The van der Waals surface area contributed by atoms with E-state index in [4.69, 9.17) is 5.26 Å². The van der Waals surface area contributed by atoms with Gasteiger partial charge in [-0.2, -0.15) is 18.4 Å². The molecule has 0 atom stereocenters. The molecule has 0 radical (unpaired) electrons. The Morgan fingerprint density at radius 1 is 1.50 bits per heavy atom. The van der Waals surface area contributed by atoms with Crippen LogP contribution in [-0.4, -0.2) is 17.4 Å². The van der Waals surface area contributed by atoms with Crippen molar-refractivity contribution >= 4 is 5.97 Å². The summed E-state index contributed by atoms with van der Waals surface area (Å²) >= 11 is 0. The van der Waals surface area contributed by atoms with Gasteiger partial charge >= 0.3 is 12.1 Å². The molecule has 0 aliphatic rings. The van der Waals surface area contributed by atoms with Gasteiger partial charge in [0.2, 0.25) is 0 Å². The zero-order valence-corrected chi connectivity index (χ0v) is 4.81. The highest BCUT2D eigenvalue weighted by molar-refractivity contribution is 5.68. The topological polar surface area (TPSA) is 46.5 Å². The molecule has 0 saturated carbocycles. The molecular weight excluding hydrogens is 153 g/mol. The van der Waals surface area contributed by atoms with Crippen LogP contribution in [0.15, 0.2) is 0 Å². The Bertz CT molecular complexity index is 119. The predicted molar refractivity (Wildman–Crippen MR) is 24.0 cm³/mol.